The van der Waals surface area contributed by atoms with Crippen molar-refractivity contribution in [1.82, 2.24) is 10.5 Å². The first-order valence-corrected chi connectivity index (χ1v) is 9.72. The van der Waals surface area contributed by atoms with Crippen molar-refractivity contribution in [1.29, 1.82) is 0 Å². The molecule has 0 unspecified atom stereocenters. The Bertz CT molecular complexity index is 1100. The highest BCUT2D eigenvalue weighted by Gasteiger charge is 2.09. The second-order valence-corrected chi connectivity index (χ2v) is 6.93. The number of aromatic nitrogens is 1. The van der Waals surface area contributed by atoms with Crippen molar-refractivity contribution < 1.29 is 14.1 Å². The van der Waals surface area contributed by atoms with E-state index in [1.54, 1.807) is 7.11 Å². The number of carbonyl (C=O) groups is 1. The minimum absolute atomic E-state index is 0.0588. The zero-order valence-electron chi connectivity index (χ0n) is 16.7. The van der Waals surface area contributed by atoms with Crippen LogP contribution in [0.3, 0.4) is 0 Å². The number of carbonyl (C=O) groups excluding carboxylic acids is 1. The molecule has 1 N–H and O–H groups in total. The molecule has 0 radical (unpaired) electrons. The summed E-state index contributed by atoms with van der Waals surface area (Å²) in [4.78, 5) is 12.3. The third-order valence-electron chi connectivity index (χ3n) is 4.83. The molecule has 1 heterocycles. The molecule has 0 bridgehead atoms. The predicted molar refractivity (Wildman–Crippen MR) is 116 cm³/mol. The summed E-state index contributed by atoms with van der Waals surface area (Å²) in [6, 6.07) is 27.6. The van der Waals surface area contributed by atoms with E-state index in [1.807, 2.05) is 72.8 Å². The first-order valence-electron chi connectivity index (χ1n) is 9.72. The van der Waals surface area contributed by atoms with Crippen LogP contribution in [0.1, 0.15) is 11.3 Å². The fourth-order valence-corrected chi connectivity index (χ4v) is 3.17. The summed E-state index contributed by atoms with van der Waals surface area (Å²) in [5.74, 6) is 1.37. The van der Waals surface area contributed by atoms with Crippen molar-refractivity contribution in [2.45, 2.75) is 13.0 Å². The molecule has 0 aliphatic rings. The molecule has 0 saturated carbocycles. The van der Waals surface area contributed by atoms with Crippen molar-refractivity contribution in [3.63, 3.8) is 0 Å². The molecule has 4 aromatic rings. The highest BCUT2D eigenvalue weighted by molar-refractivity contribution is 5.78. The molecule has 4 rings (SSSR count). The standard InChI is InChI=1S/C25H22N2O3/c1-29-23-13-11-21(12-14-23)24-16-22(27-30-24)17-26-25(28)15-18-7-9-20(10-8-18)19-5-3-2-4-6-19/h2-14,16H,15,17H2,1H3,(H,26,28). The second-order valence-electron chi connectivity index (χ2n) is 6.93. The van der Waals surface area contributed by atoms with Gasteiger partial charge >= 0.3 is 0 Å². The normalized spacial score (nSPS) is 10.6. The van der Waals surface area contributed by atoms with Crippen LogP contribution in [-0.4, -0.2) is 18.2 Å². The summed E-state index contributed by atoms with van der Waals surface area (Å²) in [6.45, 7) is 0.320. The van der Waals surface area contributed by atoms with Crippen molar-refractivity contribution in [2.24, 2.45) is 0 Å². The molecule has 3 aromatic carbocycles. The van der Waals surface area contributed by atoms with E-state index < -0.39 is 0 Å². The van der Waals surface area contributed by atoms with Gasteiger partial charge < -0.3 is 14.6 Å². The molecule has 5 nitrogen and oxygen atoms in total. The maximum atomic E-state index is 12.3. The average molecular weight is 398 g/mol. The SMILES string of the molecule is COc1ccc(-c2cc(CNC(=O)Cc3ccc(-c4ccccc4)cc3)no2)cc1. The number of amides is 1. The van der Waals surface area contributed by atoms with E-state index in [0.717, 1.165) is 28.0 Å². The highest BCUT2D eigenvalue weighted by atomic mass is 16.5. The Morgan fingerprint density at radius 2 is 1.57 bits per heavy atom. The maximum absolute atomic E-state index is 12.3. The van der Waals surface area contributed by atoms with Crippen LogP contribution < -0.4 is 10.1 Å². The summed E-state index contributed by atoms with van der Waals surface area (Å²) in [5.41, 5.74) is 4.83. The Kier molecular flexibility index (Phi) is 5.90. The first-order chi connectivity index (χ1) is 14.7. The number of nitrogens with one attached hydrogen (secondary N) is 1. The molecule has 0 fully saturated rings. The number of ether oxygens (including phenoxy) is 1. The lowest BCUT2D eigenvalue weighted by molar-refractivity contribution is -0.120. The summed E-state index contributed by atoms with van der Waals surface area (Å²) < 4.78 is 10.5. The zero-order chi connectivity index (χ0) is 20.8. The van der Waals surface area contributed by atoms with Gasteiger partial charge in [0.1, 0.15) is 11.4 Å². The van der Waals surface area contributed by atoms with E-state index in [4.69, 9.17) is 9.26 Å². The van der Waals surface area contributed by atoms with Crippen LogP contribution in [0, 0.1) is 0 Å². The van der Waals surface area contributed by atoms with E-state index in [1.165, 1.54) is 0 Å². The maximum Gasteiger partial charge on any atom is 0.224 e. The molecule has 1 amide bonds. The van der Waals surface area contributed by atoms with Gasteiger partial charge in [0.25, 0.3) is 0 Å². The monoisotopic (exact) mass is 398 g/mol. The molecule has 0 aliphatic heterocycles. The third-order valence-corrected chi connectivity index (χ3v) is 4.83. The van der Waals surface area contributed by atoms with Crippen molar-refractivity contribution >= 4 is 5.91 Å². The van der Waals surface area contributed by atoms with Gasteiger partial charge in [-0.25, -0.2) is 0 Å². The first kappa shape index (κ1) is 19.5. The fourth-order valence-electron chi connectivity index (χ4n) is 3.17. The Morgan fingerprint density at radius 1 is 0.900 bits per heavy atom. The Labute approximate surface area is 175 Å². The van der Waals surface area contributed by atoms with E-state index in [-0.39, 0.29) is 5.91 Å². The molecule has 150 valence electrons. The molecule has 0 aliphatic carbocycles. The van der Waals surface area contributed by atoms with Gasteiger partial charge in [-0.1, -0.05) is 59.8 Å². The molecule has 0 spiro atoms. The molecule has 0 atom stereocenters. The Hall–Kier alpha value is -3.86. The zero-order valence-corrected chi connectivity index (χ0v) is 16.7. The molecule has 1 aromatic heterocycles. The lowest BCUT2D eigenvalue weighted by Crippen LogP contribution is -2.24. The lowest BCUT2D eigenvalue weighted by Gasteiger charge is -2.05. The number of rotatable bonds is 7. The third kappa shape index (κ3) is 4.75. The van der Waals surface area contributed by atoms with Crippen LogP contribution in [0.15, 0.2) is 89.5 Å². The summed E-state index contributed by atoms with van der Waals surface area (Å²) in [6.07, 6.45) is 0.318. The highest BCUT2D eigenvalue weighted by Crippen LogP contribution is 2.23. The van der Waals surface area contributed by atoms with E-state index in [0.29, 0.717) is 24.4 Å². The number of hydrogen-bond acceptors (Lipinski definition) is 4. The summed E-state index contributed by atoms with van der Waals surface area (Å²) >= 11 is 0. The molecule has 5 heteroatoms. The molecule has 0 saturated heterocycles. The number of benzene rings is 3. The van der Waals surface area contributed by atoms with Crippen molar-refractivity contribution in [3.8, 4) is 28.2 Å². The quantitative estimate of drug-likeness (QED) is 0.482. The second kappa shape index (κ2) is 9.09. The van der Waals surface area contributed by atoms with Crippen LogP contribution in [0.25, 0.3) is 22.5 Å². The van der Waals surface area contributed by atoms with Gasteiger partial charge in [-0.3, -0.25) is 4.79 Å². The summed E-state index contributed by atoms with van der Waals surface area (Å²) in [7, 11) is 1.63. The average Bonchev–Trinajstić information content (AvgIpc) is 3.28. The lowest BCUT2D eigenvalue weighted by atomic mass is 10.0. The minimum Gasteiger partial charge on any atom is -0.497 e. The van der Waals surface area contributed by atoms with Crippen LogP contribution in [-0.2, 0) is 17.8 Å². The van der Waals surface area contributed by atoms with Crippen molar-refractivity contribution in [3.05, 3.63) is 96.2 Å². The van der Waals surface area contributed by atoms with Crippen molar-refractivity contribution in [2.75, 3.05) is 7.11 Å². The van der Waals surface area contributed by atoms with Gasteiger partial charge in [0.2, 0.25) is 5.91 Å². The predicted octanol–water partition coefficient (Wildman–Crippen LogP) is 4.88. The molecule has 30 heavy (non-hydrogen) atoms. The topological polar surface area (TPSA) is 64.4 Å². The van der Waals surface area contributed by atoms with Gasteiger partial charge in [0.15, 0.2) is 5.76 Å². The molecular weight excluding hydrogens is 376 g/mol. The Morgan fingerprint density at radius 3 is 2.27 bits per heavy atom. The van der Waals surface area contributed by atoms with Crippen LogP contribution in [0.2, 0.25) is 0 Å². The van der Waals surface area contributed by atoms with Crippen LogP contribution >= 0.6 is 0 Å². The summed E-state index contributed by atoms with van der Waals surface area (Å²) in [5, 5.41) is 6.93. The van der Waals surface area contributed by atoms with E-state index >= 15 is 0 Å². The van der Waals surface area contributed by atoms with Gasteiger partial charge in [0, 0.05) is 11.6 Å². The van der Waals surface area contributed by atoms with Gasteiger partial charge in [-0.15, -0.1) is 0 Å². The Balaban J connectivity index is 1.31. The number of hydrogen-bond donors (Lipinski definition) is 1. The van der Waals surface area contributed by atoms with Crippen LogP contribution in [0.4, 0.5) is 0 Å². The smallest absolute Gasteiger partial charge is 0.224 e. The van der Waals surface area contributed by atoms with Gasteiger partial charge in [-0.05, 0) is 41.0 Å². The largest absolute Gasteiger partial charge is 0.497 e. The fraction of sp³-hybridized carbons (Fsp3) is 0.120. The van der Waals surface area contributed by atoms with E-state index in [9.17, 15) is 4.79 Å². The molecular formula is C25H22N2O3. The van der Waals surface area contributed by atoms with Gasteiger partial charge in [-0.2, -0.15) is 0 Å². The number of nitrogens with zero attached hydrogens (tertiary/aromatic N) is 1. The van der Waals surface area contributed by atoms with Gasteiger partial charge in [0.05, 0.1) is 20.1 Å². The number of methoxy groups -OCH3 is 1. The van der Waals surface area contributed by atoms with Crippen LogP contribution in [0.5, 0.6) is 5.75 Å². The van der Waals surface area contributed by atoms with E-state index in [2.05, 4.69) is 22.6 Å². The minimum atomic E-state index is -0.0588.